The Balaban J connectivity index is -0.000000157. The molecule has 0 radical (unpaired) electrons. The van der Waals surface area contributed by atoms with E-state index in [1.165, 1.54) is 48.9 Å². The summed E-state index contributed by atoms with van der Waals surface area (Å²) in [5, 5.41) is 23.0. The van der Waals surface area contributed by atoms with Crippen LogP contribution in [0.1, 0.15) is 166 Å². The van der Waals surface area contributed by atoms with Gasteiger partial charge in [-0.15, -0.1) is 6.42 Å². The van der Waals surface area contributed by atoms with Crippen molar-refractivity contribution in [3.8, 4) is 29.9 Å². The van der Waals surface area contributed by atoms with Crippen molar-refractivity contribution >= 4 is 36.3 Å². The summed E-state index contributed by atoms with van der Waals surface area (Å²) in [6.07, 6.45) is 18.9. The number of rotatable bonds is 10. The zero-order valence-corrected chi connectivity index (χ0v) is 46.6. The molecule has 10 nitrogen and oxygen atoms in total. The number of primary amides is 1. The van der Waals surface area contributed by atoms with E-state index in [0.29, 0.717) is 29.5 Å². The Morgan fingerprint density at radius 1 is 0.881 bits per heavy atom. The van der Waals surface area contributed by atoms with Crippen molar-refractivity contribution in [2.45, 2.75) is 185 Å². The summed E-state index contributed by atoms with van der Waals surface area (Å²) in [5.41, 5.74) is 13.8. The Morgan fingerprint density at radius 3 is 1.66 bits per heavy atom. The molecule has 3 unspecified atom stereocenters. The number of aliphatic hydroxyl groups excluding tert-OH is 1. The third kappa shape index (κ3) is 61.9. The third-order valence-electron chi connectivity index (χ3n) is 8.11. The number of hydrogen-bond acceptors (Lipinski definition) is 8. The molecule has 3 heterocycles. The summed E-state index contributed by atoms with van der Waals surface area (Å²) in [4.78, 5) is 27.6. The second-order valence-corrected chi connectivity index (χ2v) is 17.6. The number of H-pyrrole nitrogens is 1. The van der Waals surface area contributed by atoms with Crippen LogP contribution >= 0.6 is 24.4 Å². The van der Waals surface area contributed by atoms with Crippen LogP contribution in [0.15, 0.2) is 67.1 Å². The van der Waals surface area contributed by atoms with Gasteiger partial charge in [0.2, 0.25) is 5.91 Å². The number of carbonyl (C=O) groups excluding carboxylic acids is 2. The highest BCUT2D eigenvalue weighted by molar-refractivity contribution is 8.00. The van der Waals surface area contributed by atoms with Crippen LogP contribution in [0.5, 0.6) is 5.75 Å². The van der Waals surface area contributed by atoms with Crippen LogP contribution in [-0.2, 0) is 24.1 Å². The molecule has 2 aromatic carbocycles. The van der Waals surface area contributed by atoms with Crippen LogP contribution in [0.25, 0.3) is 0 Å². The number of nitrogens with two attached hydrogens (primary N) is 2. The lowest BCUT2D eigenvalue weighted by atomic mass is 10.1. The first kappa shape index (κ1) is 74.5. The number of amides is 3. The standard InChI is InChI=1S/C8H14N2OS.C8H10O.C8H10.C5H8N2.C5H12.C5H4.C4H9NO.C4H11N.C4H10.C2H6O.C2H6S/c1-2-3-6-7-5(4-12-6)9-8(11)10-7;1-2-7-3-5-8(9)6-4-7;1-2-8-6-4-3-5-7-8;1-2-5-3-6-4-7-5;1-4-5(2)3;1-3-5-4-2;1-2-3-4(5)6;1-2-3-4-5;1-4(2)3;2*1-2-3/h5-7H,2-4H2,1H3,(H2,9,10,11);3-6,9H,2H2,1H3;3-7H,2H2,1H3;3-4H,2H2,1H3,(H,6,7);5H,4H2,1-3H3;1H,2H3;2-3H2,1H3,(H2,5,6);2-5H2,1H3;4H,1-3H3;2*3H,2H2,1H3. The summed E-state index contributed by atoms with van der Waals surface area (Å²) in [6, 6.07) is 18.5. The molecule has 0 aliphatic carbocycles. The van der Waals surface area contributed by atoms with Gasteiger partial charge in [0.05, 0.1) is 18.4 Å². The first-order valence-electron chi connectivity index (χ1n) is 24.5. The van der Waals surface area contributed by atoms with E-state index in [2.05, 4.69) is 151 Å². The lowest BCUT2D eigenvalue weighted by Gasteiger charge is -2.15. The number of aryl methyl sites for hydroxylation is 3. The lowest BCUT2D eigenvalue weighted by Crippen LogP contribution is -2.36. The maximum Gasteiger partial charge on any atom is 0.315 e. The van der Waals surface area contributed by atoms with Gasteiger partial charge < -0.3 is 37.3 Å². The predicted octanol–water partition coefficient (Wildman–Crippen LogP) is 12.4. The fraction of sp³-hybridized carbons (Fsp3) is 0.618. The number of phenols is 1. The number of thiol groups is 1. The molecule has 0 spiro atoms. The molecule has 12 heteroatoms. The van der Waals surface area contributed by atoms with E-state index in [1.807, 2.05) is 50.0 Å². The van der Waals surface area contributed by atoms with Gasteiger partial charge in [-0.2, -0.15) is 24.4 Å². The Bertz CT molecular complexity index is 1520. The minimum absolute atomic E-state index is 0.0198. The molecule has 2 saturated heterocycles. The van der Waals surface area contributed by atoms with E-state index in [9.17, 15) is 9.59 Å². The zero-order valence-electron chi connectivity index (χ0n) is 44.9. The number of aromatic nitrogens is 2. The van der Waals surface area contributed by atoms with Crippen LogP contribution < -0.4 is 22.1 Å². The number of aromatic amines is 1. The van der Waals surface area contributed by atoms with Crippen LogP contribution in [0.2, 0.25) is 0 Å². The van der Waals surface area contributed by atoms with Gasteiger partial charge in [0.25, 0.3) is 0 Å². The van der Waals surface area contributed by atoms with E-state index in [1.54, 1.807) is 32.3 Å². The van der Waals surface area contributed by atoms with E-state index in [4.69, 9.17) is 28.1 Å². The van der Waals surface area contributed by atoms with Crippen LogP contribution in [-0.4, -0.2) is 74.1 Å². The van der Waals surface area contributed by atoms with E-state index in [-0.39, 0.29) is 18.5 Å². The molecule has 3 aromatic rings. The second kappa shape index (κ2) is 59.9. The average molecular weight is 974 g/mol. The number of nitrogens with zero attached hydrogens (tertiary/aromatic N) is 1. The summed E-state index contributed by atoms with van der Waals surface area (Å²) < 4.78 is 0. The van der Waals surface area contributed by atoms with E-state index < -0.39 is 0 Å². The summed E-state index contributed by atoms with van der Waals surface area (Å²) >= 11 is 5.77. The number of aliphatic hydroxyl groups is 1. The highest BCUT2D eigenvalue weighted by Gasteiger charge is 2.42. The number of imidazole rings is 1. The molecule has 9 N–H and O–H groups in total. The van der Waals surface area contributed by atoms with Gasteiger partial charge in [-0.05, 0) is 112 Å². The number of thioether (sulfide) groups is 1. The number of urea groups is 1. The van der Waals surface area contributed by atoms with Crippen molar-refractivity contribution in [1.82, 2.24) is 20.6 Å². The van der Waals surface area contributed by atoms with Gasteiger partial charge in [-0.3, -0.25) is 4.79 Å². The minimum atomic E-state index is -0.211. The number of fused-ring (bicyclic) bond motifs is 1. The van der Waals surface area contributed by atoms with Crippen molar-refractivity contribution in [3.63, 3.8) is 0 Å². The first-order chi connectivity index (χ1) is 31.9. The molecule has 0 saturated carbocycles. The predicted molar refractivity (Wildman–Crippen MR) is 300 cm³/mol. The fourth-order valence-corrected chi connectivity index (χ4v) is 5.99. The van der Waals surface area contributed by atoms with Crippen molar-refractivity contribution in [2.75, 3.05) is 24.7 Å². The smallest absolute Gasteiger partial charge is 0.315 e. The number of aromatic hydroxyl groups is 1. The summed E-state index contributed by atoms with van der Waals surface area (Å²) in [5.74, 6) is 10.9. The van der Waals surface area contributed by atoms with Crippen molar-refractivity contribution < 1.29 is 19.8 Å². The van der Waals surface area contributed by atoms with Gasteiger partial charge in [0, 0.05) is 35.9 Å². The van der Waals surface area contributed by atoms with Gasteiger partial charge in [0.15, 0.2) is 0 Å². The number of hydrogen-bond donors (Lipinski definition) is 8. The molecular formula is C55H100N6O4S2. The van der Waals surface area contributed by atoms with Gasteiger partial charge in [0.1, 0.15) is 5.75 Å². The SMILES string of the molecule is C#CC#CC.CC(C)C.CCC(C)C.CCCC(N)=O.CCCC1SCC2NC(=O)NC21.CCCCN.CCO.CCS.CCc1ccc(O)cc1.CCc1ccccc1.CCc1cnc[nH]1. The quantitative estimate of drug-likeness (QED) is 0.0566. The monoisotopic (exact) mass is 973 g/mol. The maximum absolute atomic E-state index is 11.0. The molecule has 0 bridgehead atoms. The molecule has 2 fully saturated rings. The minimum Gasteiger partial charge on any atom is -0.508 e. The number of nitrogens with one attached hydrogen (secondary N) is 3. The third-order valence-corrected chi connectivity index (χ3v) is 9.62. The van der Waals surface area contributed by atoms with Crippen molar-refractivity contribution in [3.05, 3.63) is 83.9 Å². The van der Waals surface area contributed by atoms with Crippen molar-refractivity contribution in [1.29, 1.82) is 0 Å². The Hall–Kier alpha value is -4.07. The molecular weight excluding hydrogens is 873 g/mol. The molecule has 2 aliphatic heterocycles. The highest BCUT2D eigenvalue weighted by Crippen LogP contribution is 2.32. The van der Waals surface area contributed by atoms with Crippen LogP contribution in [0.4, 0.5) is 4.79 Å². The Kier molecular flexibility index (Phi) is 66.6. The van der Waals surface area contributed by atoms with Gasteiger partial charge >= 0.3 is 6.03 Å². The van der Waals surface area contributed by atoms with Crippen LogP contribution in [0.3, 0.4) is 0 Å². The highest BCUT2D eigenvalue weighted by atomic mass is 32.2. The van der Waals surface area contributed by atoms with Crippen LogP contribution in [0, 0.1) is 36.0 Å². The molecule has 5 rings (SSSR count). The first-order valence-corrected chi connectivity index (χ1v) is 26.2. The number of phenolic OH excluding ortho intramolecular Hbond substituents is 1. The molecule has 3 amide bonds. The fourth-order valence-electron chi connectivity index (χ4n) is 4.37. The maximum atomic E-state index is 11.0. The normalized spacial score (nSPS) is 13.7. The van der Waals surface area contributed by atoms with Gasteiger partial charge in [-0.25, -0.2) is 9.78 Å². The number of terminal acetylenes is 1. The lowest BCUT2D eigenvalue weighted by molar-refractivity contribution is -0.118. The topological polar surface area (TPSA) is 179 Å². The zero-order chi connectivity index (χ0) is 52.7. The number of carbonyl (C=O) groups is 2. The number of benzene rings is 2. The van der Waals surface area contributed by atoms with E-state index in [0.717, 1.165) is 55.6 Å². The van der Waals surface area contributed by atoms with Gasteiger partial charge in [-0.1, -0.05) is 158 Å². The summed E-state index contributed by atoms with van der Waals surface area (Å²) in [7, 11) is 0. The molecule has 1 aromatic heterocycles. The van der Waals surface area contributed by atoms with E-state index >= 15 is 0 Å². The second-order valence-electron chi connectivity index (χ2n) is 15.7. The van der Waals surface area contributed by atoms with Crippen molar-refractivity contribution in [2.24, 2.45) is 23.3 Å². The largest absolute Gasteiger partial charge is 0.508 e. The average Bonchev–Trinajstić information content (AvgIpc) is 4.06. The Morgan fingerprint density at radius 2 is 1.39 bits per heavy atom. The summed E-state index contributed by atoms with van der Waals surface area (Å²) in [6.45, 7) is 32.2. The molecule has 2 aliphatic rings. The number of unbranched alkanes of at least 4 members (excludes halogenated alkanes) is 1. The Labute approximate surface area is 422 Å². The molecule has 3 atom stereocenters. The molecule has 67 heavy (non-hydrogen) atoms. The molecule has 386 valence electrons.